The van der Waals surface area contributed by atoms with Crippen molar-refractivity contribution in [2.45, 2.75) is 33.7 Å². The summed E-state index contributed by atoms with van der Waals surface area (Å²) in [7, 11) is 0. The van der Waals surface area contributed by atoms with Crippen molar-refractivity contribution in [1.29, 1.82) is 0 Å². The molecule has 18 heavy (non-hydrogen) atoms. The molecule has 0 saturated carbocycles. The summed E-state index contributed by atoms with van der Waals surface area (Å²) in [5, 5.41) is 4.33. The van der Waals surface area contributed by atoms with E-state index >= 15 is 0 Å². The minimum Gasteiger partial charge on any atom is -0.437 e. The van der Waals surface area contributed by atoms with E-state index in [2.05, 4.69) is 24.2 Å². The molecule has 0 aliphatic carbocycles. The number of nitrogens with two attached hydrogens (primary N) is 1. The summed E-state index contributed by atoms with van der Waals surface area (Å²) in [5.74, 6) is 1.41. The van der Waals surface area contributed by atoms with Crippen LogP contribution in [0.1, 0.15) is 25.1 Å². The van der Waals surface area contributed by atoms with Crippen LogP contribution in [0.25, 0.3) is 0 Å². The highest BCUT2D eigenvalue weighted by Crippen LogP contribution is 2.29. The van der Waals surface area contributed by atoms with Crippen LogP contribution in [-0.4, -0.2) is 9.78 Å². The Morgan fingerprint density at radius 3 is 2.44 bits per heavy atom. The van der Waals surface area contributed by atoms with Crippen molar-refractivity contribution in [3.05, 3.63) is 35.5 Å². The van der Waals surface area contributed by atoms with E-state index in [9.17, 15) is 0 Å². The van der Waals surface area contributed by atoms with Gasteiger partial charge in [0.15, 0.2) is 0 Å². The lowest BCUT2D eigenvalue weighted by Gasteiger charge is -2.08. The van der Waals surface area contributed by atoms with Crippen LogP contribution in [0.5, 0.6) is 11.6 Å². The van der Waals surface area contributed by atoms with Crippen molar-refractivity contribution in [3.8, 4) is 11.6 Å². The lowest BCUT2D eigenvalue weighted by atomic mass is 10.2. The normalized spacial score (nSPS) is 10.6. The third-order valence-electron chi connectivity index (χ3n) is 2.97. The highest BCUT2D eigenvalue weighted by atomic mass is 16.5. The second-order valence-electron chi connectivity index (χ2n) is 4.22. The first-order chi connectivity index (χ1) is 8.65. The van der Waals surface area contributed by atoms with Crippen molar-refractivity contribution >= 4 is 5.69 Å². The maximum Gasteiger partial charge on any atom is 0.241 e. The van der Waals surface area contributed by atoms with Gasteiger partial charge in [-0.1, -0.05) is 19.1 Å². The molecule has 0 spiro atoms. The zero-order valence-electron chi connectivity index (χ0n) is 11.1. The fourth-order valence-electron chi connectivity index (χ4n) is 1.80. The van der Waals surface area contributed by atoms with E-state index in [1.807, 2.05) is 26.0 Å². The average molecular weight is 245 g/mol. The van der Waals surface area contributed by atoms with Gasteiger partial charge in [-0.15, -0.1) is 0 Å². The largest absolute Gasteiger partial charge is 0.437 e. The number of benzene rings is 1. The molecule has 1 aromatic heterocycles. The number of ether oxygens (including phenoxy) is 1. The molecule has 2 rings (SSSR count). The number of nitrogens with zero attached hydrogens (tertiary/aromatic N) is 2. The molecule has 0 saturated heterocycles. The van der Waals surface area contributed by atoms with Crippen LogP contribution in [0.2, 0.25) is 0 Å². The van der Waals surface area contributed by atoms with Gasteiger partial charge in [0, 0.05) is 6.54 Å². The van der Waals surface area contributed by atoms with Gasteiger partial charge in [0.25, 0.3) is 0 Å². The predicted molar refractivity (Wildman–Crippen MR) is 72.9 cm³/mol. The minimum absolute atomic E-state index is 0.608. The number of hydrogen-bond donors (Lipinski definition) is 1. The van der Waals surface area contributed by atoms with Gasteiger partial charge in [-0.2, -0.15) is 5.10 Å². The molecule has 2 N–H and O–H groups in total. The van der Waals surface area contributed by atoms with Gasteiger partial charge in [-0.25, -0.2) is 4.68 Å². The Kier molecular flexibility index (Phi) is 3.55. The van der Waals surface area contributed by atoms with Gasteiger partial charge in [-0.3, -0.25) is 0 Å². The second kappa shape index (κ2) is 5.12. The Labute approximate surface area is 107 Å². The van der Waals surface area contributed by atoms with Crippen LogP contribution in [0.4, 0.5) is 5.69 Å². The maximum absolute atomic E-state index is 5.97. The monoisotopic (exact) mass is 245 g/mol. The Morgan fingerprint density at radius 2 is 1.89 bits per heavy atom. The third kappa shape index (κ3) is 2.32. The molecular formula is C14H19N3O. The van der Waals surface area contributed by atoms with Crippen molar-refractivity contribution in [2.24, 2.45) is 0 Å². The molecule has 0 unspecified atom stereocenters. The molecule has 0 radical (unpaired) electrons. The van der Waals surface area contributed by atoms with Crippen molar-refractivity contribution < 1.29 is 4.74 Å². The Hall–Kier alpha value is -1.97. The quantitative estimate of drug-likeness (QED) is 0.900. The molecule has 0 amide bonds. The molecule has 0 fully saturated rings. The first-order valence-corrected chi connectivity index (χ1v) is 6.25. The number of anilines is 1. The first kappa shape index (κ1) is 12.5. The van der Waals surface area contributed by atoms with E-state index in [4.69, 9.17) is 10.5 Å². The van der Waals surface area contributed by atoms with Crippen LogP contribution in [0.15, 0.2) is 24.3 Å². The summed E-state index contributed by atoms with van der Waals surface area (Å²) in [6, 6.07) is 8.04. The van der Waals surface area contributed by atoms with Gasteiger partial charge in [0.2, 0.25) is 5.88 Å². The van der Waals surface area contributed by atoms with E-state index < -0.39 is 0 Å². The number of aryl methyl sites for hydroxylation is 3. The van der Waals surface area contributed by atoms with Crippen molar-refractivity contribution in [2.75, 3.05) is 5.73 Å². The summed E-state index contributed by atoms with van der Waals surface area (Å²) in [5.41, 5.74) is 8.67. The molecule has 0 bridgehead atoms. The van der Waals surface area contributed by atoms with Crippen LogP contribution < -0.4 is 10.5 Å². The van der Waals surface area contributed by atoms with Gasteiger partial charge in [-0.05, 0) is 38.0 Å². The van der Waals surface area contributed by atoms with Crippen LogP contribution in [0.3, 0.4) is 0 Å². The number of aromatic nitrogens is 2. The lowest BCUT2D eigenvalue weighted by Crippen LogP contribution is -2.00. The van der Waals surface area contributed by atoms with E-state index in [1.165, 1.54) is 5.56 Å². The van der Waals surface area contributed by atoms with Gasteiger partial charge in [0.1, 0.15) is 11.4 Å². The van der Waals surface area contributed by atoms with Gasteiger partial charge >= 0.3 is 0 Å². The SMILES string of the molecule is CCc1ccc(Oc2c(N)c(C)nn2CC)cc1. The third-order valence-corrected chi connectivity index (χ3v) is 2.97. The summed E-state index contributed by atoms with van der Waals surface area (Å²) >= 11 is 0. The molecule has 96 valence electrons. The van der Waals surface area contributed by atoms with Crippen LogP contribution in [-0.2, 0) is 13.0 Å². The van der Waals surface area contributed by atoms with E-state index in [0.29, 0.717) is 11.6 Å². The number of nitrogen functional groups attached to an aromatic ring is 1. The Morgan fingerprint density at radius 1 is 1.22 bits per heavy atom. The second-order valence-corrected chi connectivity index (χ2v) is 4.22. The zero-order valence-corrected chi connectivity index (χ0v) is 11.1. The molecule has 2 aromatic rings. The lowest BCUT2D eigenvalue weighted by molar-refractivity contribution is 0.418. The molecule has 1 heterocycles. The van der Waals surface area contributed by atoms with E-state index in [1.54, 1.807) is 4.68 Å². The Balaban J connectivity index is 2.27. The molecule has 4 heteroatoms. The number of hydrogen-bond acceptors (Lipinski definition) is 3. The minimum atomic E-state index is 0.608. The van der Waals surface area contributed by atoms with Crippen LogP contribution in [0, 0.1) is 6.92 Å². The summed E-state index contributed by atoms with van der Waals surface area (Å²) in [4.78, 5) is 0. The highest BCUT2D eigenvalue weighted by molar-refractivity contribution is 5.54. The molecule has 4 nitrogen and oxygen atoms in total. The topological polar surface area (TPSA) is 53.1 Å². The fourth-order valence-corrected chi connectivity index (χ4v) is 1.80. The molecule has 1 aromatic carbocycles. The summed E-state index contributed by atoms with van der Waals surface area (Å²) in [6.45, 7) is 6.76. The van der Waals surface area contributed by atoms with Gasteiger partial charge < -0.3 is 10.5 Å². The summed E-state index contributed by atoms with van der Waals surface area (Å²) < 4.78 is 7.60. The predicted octanol–water partition coefficient (Wildman–Crippen LogP) is 3.15. The standard InChI is InChI=1S/C14H19N3O/c1-4-11-6-8-12(9-7-11)18-14-13(15)10(3)16-17(14)5-2/h6-9H,4-5,15H2,1-3H3. The fraction of sp³-hybridized carbons (Fsp3) is 0.357. The zero-order chi connectivity index (χ0) is 13.1. The average Bonchev–Trinajstić information content (AvgIpc) is 2.67. The van der Waals surface area contributed by atoms with Crippen molar-refractivity contribution in [1.82, 2.24) is 9.78 Å². The smallest absolute Gasteiger partial charge is 0.241 e. The van der Waals surface area contributed by atoms with Gasteiger partial charge in [0.05, 0.1) is 5.69 Å². The van der Waals surface area contributed by atoms with E-state index in [-0.39, 0.29) is 0 Å². The number of rotatable bonds is 4. The first-order valence-electron chi connectivity index (χ1n) is 6.25. The maximum atomic E-state index is 5.97. The molecule has 0 atom stereocenters. The molecular weight excluding hydrogens is 226 g/mol. The molecule has 0 aliphatic rings. The van der Waals surface area contributed by atoms with E-state index in [0.717, 1.165) is 24.4 Å². The van der Waals surface area contributed by atoms with Crippen LogP contribution >= 0.6 is 0 Å². The highest BCUT2D eigenvalue weighted by Gasteiger charge is 2.13. The molecule has 0 aliphatic heterocycles. The Bertz CT molecular complexity index is 529. The van der Waals surface area contributed by atoms with Crippen molar-refractivity contribution in [3.63, 3.8) is 0 Å². The summed E-state index contributed by atoms with van der Waals surface area (Å²) in [6.07, 6.45) is 1.02.